The van der Waals surface area contributed by atoms with Crippen LogP contribution in [-0.4, -0.2) is 123 Å². The van der Waals surface area contributed by atoms with E-state index in [0.717, 1.165) is 0 Å². The predicted octanol–water partition coefficient (Wildman–Crippen LogP) is -2.99. The van der Waals surface area contributed by atoms with Crippen LogP contribution in [0.4, 0.5) is 0 Å². The van der Waals surface area contributed by atoms with Crippen molar-refractivity contribution in [1.29, 1.82) is 0 Å². The van der Waals surface area contributed by atoms with Gasteiger partial charge >= 0.3 is 5.97 Å². The molecule has 0 heterocycles. The number of aliphatic hydroxyl groups excluding tert-OH is 2. The molecule has 19 nitrogen and oxygen atoms in total. The quantitative estimate of drug-likeness (QED) is 0.0414. The highest BCUT2D eigenvalue weighted by Crippen LogP contribution is 2.13. The van der Waals surface area contributed by atoms with Crippen LogP contribution in [0.2, 0.25) is 0 Å². The molecule has 0 bridgehead atoms. The molecule has 0 fully saturated rings. The molecule has 0 aromatic carbocycles. The minimum absolute atomic E-state index is 0.0550. The number of hydrogen-bond acceptors (Lipinski definition) is 12. The summed E-state index contributed by atoms with van der Waals surface area (Å²) in [6, 6.07) is -9.62. The molecule has 0 aromatic rings. The van der Waals surface area contributed by atoms with Crippen LogP contribution in [0.1, 0.15) is 80.6 Å². The van der Waals surface area contributed by atoms with Crippen molar-refractivity contribution in [3.05, 3.63) is 0 Å². The third-order valence-electron chi connectivity index (χ3n) is 8.64. The molecule has 0 saturated carbocycles. The average molecular weight is 777 g/mol. The SMILES string of the molecule is CCC(C)C(NC(=O)C(NC(=O)C(NC(=O)C(CS)NC(=O)C(CO)NC(=O)C(CCC(N)=O)NC(=O)C(N)CC(C)C)C(C)O)C(C)CC)C(=O)O. The number of primary amides is 1. The Morgan fingerprint density at radius 2 is 1.08 bits per heavy atom. The van der Waals surface area contributed by atoms with E-state index in [1.807, 2.05) is 13.8 Å². The number of amides is 7. The van der Waals surface area contributed by atoms with Crippen molar-refractivity contribution in [1.82, 2.24) is 31.9 Å². The first-order valence-corrected chi connectivity index (χ1v) is 18.3. The molecule has 0 aliphatic rings. The summed E-state index contributed by atoms with van der Waals surface area (Å²) >= 11 is 4.08. The number of hydrogen-bond donors (Lipinski definition) is 12. The lowest BCUT2D eigenvalue weighted by Gasteiger charge is -2.30. The van der Waals surface area contributed by atoms with E-state index < -0.39 is 114 Å². The fourth-order valence-electron chi connectivity index (χ4n) is 4.91. The van der Waals surface area contributed by atoms with Crippen LogP contribution in [0.25, 0.3) is 0 Å². The molecule has 0 aliphatic heterocycles. The smallest absolute Gasteiger partial charge is 0.326 e. The van der Waals surface area contributed by atoms with E-state index >= 15 is 0 Å². The molecule has 20 heteroatoms. The first kappa shape index (κ1) is 49.0. The maximum absolute atomic E-state index is 13.4. The third kappa shape index (κ3) is 17.1. The van der Waals surface area contributed by atoms with Crippen LogP contribution < -0.4 is 43.4 Å². The standard InChI is InChI=1S/C33H60N8O11S/c1-8-16(5)24(31(49)40-25(33(51)52)17(6)9-2)39-32(50)26(18(7)43)41-30(48)22(14-53)38-29(47)21(13-42)37-28(46)20(10-11-23(35)44)36-27(45)19(34)12-15(3)4/h15-22,24-26,42-43,53H,8-14,34H2,1-7H3,(H2,35,44)(H,36,45)(H,37,46)(H,38,47)(H,39,50)(H,40,49)(H,41,48)(H,51,52). The van der Waals surface area contributed by atoms with Crippen molar-refractivity contribution in [2.24, 2.45) is 29.2 Å². The molecule has 10 unspecified atom stereocenters. The predicted molar refractivity (Wildman–Crippen MR) is 197 cm³/mol. The van der Waals surface area contributed by atoms with Gasteiger partial charge in [-0.1, -0.05) is 54.4 Å². The Kier molecular flexibility index (Phi) is 22.5. The first-order chi connectivity index (χ1) is 24.6. The lowest BCUT2D eigenvalue weighted by molar-refractivity contribution is -0.144. The summed E-state index contributed by atoms with van der Waals surface area (Å²) < 4.78 is 0. The zero-order chi connectivity index (χ0) is 41.2. The van der Waals surface area contributed by atoms with E-state index in [4.69, 9.17) is 11.5 Å². The molecule has 0 spiro atoms. The molecule has 0 rings (SSSR count). The van der Waals surface area contributed by atoms with E-state index in [-0.39, 0.29) is 24.5 Å². The molecule has 7 amide bonds. The van der Waals surface area contributed by atoms with Crippen LogP contribution >= 0.6 is 12.6 Å². The van der Waals surface area contributed by atoms with Gasteiger partial charge in [-0.05, 0) is 37.5 Å². The van der Waals surface area contributed by atoms with E-state index in [1.54, 1.807) is 27.7 Å². The fraction of sp³-hybridized carbons (Fsp3) is 0.758. The lowest BCUT2D eigenvalue weighted by Crippen LogP contribution is -2.63. The molecule has 13 N–H and O–H groups in total. The minimum Gasteiger partial charge on any atom is -0.480 e. The summed E-state index contributed by atoms with van der Waals surface area (Å²) in [5.41, 5.74) is 11.1. The van der Waals surface area contributed by atoms with Crippen molar-refractivity contribution in [2.45, 2.75) is 129 Å². The number of aliphatic hydroxyl groups is 2. The highest BCUT2D eigenvalue weighted by atomic mass is 32.1. The fourth-order valence-corrected chi connectivity index (χ4v) is 5.17. The number of rotatable bonds is 25. The molecule has 53 heavy (non-hydrogen) atoms. The molecular formula is C33H60N8O11S. The second kappa shape index (κ2) is 24.3. The first-order valence-electron chi connectivity index (χ1n) is 17.6. The highest BCUT2D eigenvalue weighted by molar-refractivity contribution is 7.80. The second-order valence-corrected chi connectivity index (χ2v) is 14.0. The van der Waals surface area contributed by atoms with Crippen LogP contribution in [0, 0.1) is 17.8 Å². The number of carbonyl (C=O) groups is 8. The molecule has 0 saturated heterocycles. The summed E-state index contributed by atoms with van der Waals surface area (Å²) in [6.07, 6.45) is -0.938. The number of carboxylic acids is 1. The molecule has 304 valence electrons. The minimum atomic E-state index is -1.66. The van der Waals surface area contributed by atoms with Gasteiger partial charge in [-0.15, -0.1) is 0 Å². The summed E-state index contributed by atoms with van der Waals surface area (Å²) in [4.78, 5) is 102. The monoisotopic (exact) mass is 776 g/mol. The normalized spacial score (nSPS) is 16.9. The van der Waals surface area contributed by atoms with Gasteiger partial charge in [0.05, 0.1) is 18.8 Å². The van der Waals surface area contributed by atoms with Gasteiger partial charge in [-0.25, -0.2) is 4.79 Å². The van der Waals surface area contributed by atoms with E-state index in [0.29, 0.717) is 19.3 Å². The van der Waals surface area contributed by atoms with Gasteiger partial charge in [0.25, 0.3) is 0 Å². The van der Waals surface area contributed by atoms with Crippen molar-refractivity contribution >= 4 is 59.9 Å². The van der Waals surface area contributed by atoms with Crippen molar-refractivity contribution in [3.63, 3.8) is 0 Å². The van der Waals surface area contributed by atoms with Crippen LogP contribution in [0.3, 0.4) is 0 Å². The van der Waals surface area contributed by atoms with Gasteiger partial charge in [-0.2, -0.15) is 12.6 Å². The maximum Gasteiger partial charge on any atom is 0.326 e. The molecule has 0 aromatic heterocycles. The Labute approximate surface area is 315 Å². The lowest BCUT2D eigenvalue weighted by atomic mass is 9.95. The summed E-state index contributed by atoms with van der Waals surface area (Å²) in [7, 11) is 0. The van der Waals surface area contributed by atoms with Gasteiger partial charge in [0.15, 0.2) is 0 Å². The van der Waals surface area contributed by atoms with Gasteiger partial charge in [0, 0.05) is 12.2 Å². The Hall–Kier alpha value is -4.01. The topological polar surface area (TPSA) is 321 Å². The van der Waals surface area contributed by atoms with Crippen LogP contribution in [0.5, 0.6) is 0 Å². The summed E-state index contributed by atoms with van der Waals surface area (Å²) in [6.45, 7) is 10.7. The molecule has 0 radical (unpaired) electrons. The maximum atomic E-state index is 13.4. The van der Waals surface area contributed by atoms with Crippen molar-refractivity contribution in [2.75, 3.05) is 12.4 Å². The Morgan fingerprint density at radius 1 is 0.642 bits per heavy atom. The number of nitrogens with two attached hydrogens (primary N) is 2. The van der Waals surface area contributed by atoms with Crippen molar-refractivity contribution < 1.29 is 53.7 Å². The van der Waals surface area contributed by atoms with Gasteiger partial charge in [-0.3, -0.25) is 33.6 Å². The number of carbonyl (C=O) groups excluding carboxylic acids is 7. The number of thiol groups is 1. The summed E-state index contributed by atoms with van der Waals surface area (Å²) in [5, 5.41) is 44.2. The average Bonchev–Trinajstić information content (AvgIpc) is 3.09. The highest BCUT2D eigenvalue weighted by Gasteiger charge is 2.36. The largest absolute Gasteiger partial charge is 0.480 e. The van der Waals surface area contributed by atoms with Gasteiger partial charge < -0.3 is 58.7 Å². The Balaban J connectivity index is 5.90. The third-order valence-corrected chi connectivity index (χ3v) is 9.00. The van der Waals surface area contributed by atoms with Crippen molar-refractivity contribution in [3.8, 4) is 0 Å². The summed E-state index contributed by atoms with van der Waals surface area (Å²) in [5.74, 6) is -8.71. The van der Waals surface area contributed by atoms with E-state index in [2.05, 4.69) is 44.5 Å². The molecule has 10 atom stereocenters. The Morgan fingerprint density at radius 3 is 1.53 bits per heavy atom. The zero-order valence-corrected chi connectivity index (χ0v) is 32.4. The van der Waals surface area contributed by atoms with Gasteiger partial charge in [0.1, 0.15) is 36.3 Å². The van der Waals surface area contributed by atoms with E-state index in [9.17, 15) is 53.7 Å². The van der Waals surface area contributed by atoms with Gasteiger partial charge in [0.2, 0.25) is 41.4 Å². The number of nitrogens with one attached hydrogen (secondary N) is 6. The Bertz CT molecular complexity index is 1270. The molecular weight excluding hydrogens is 716 g/mol. The number of carboxylic acid groups (broad SMARTS) is 1. The molecule has 0 aliphatic carbocycles. The van der Waals surface area contributed by atoms with Crippen LogP contribution in [-0.2, 0) is 38.4 Å². The second-order valence-electron chi connectivity index (χ2n) is 13.6. The number of aliphatic carboxylic acids is 1. The van der Waals surface area contributed by atoms with E-state index in [1.165, 1.54) is 6.92 Å². The zero-order valence-electron chi connectivity index (χ0n) is 31.5. The van der Waals surface area contributed by atoms with Crippen LogP contribution in [0.15, 0.2) is 0 Å².